The van der Waals surface area contributed by atoms with E-state index >= 15 is 0 Å². The van der Waals surface area contributed by atoms with Crippen molar-refractivity contribution in [1.82, 2.24) is 19.9 Å². The lowest BCUT2D eigenvalue weighted by Gasteiger charge is -2.33. The van der Waals surface area contributed by atoms with E-state index in [1.165, 1.54) is 0 Å². The molecule has 7 nitrogen and oxygen atoms in total. The zero-order valence-corrected chi connectivity index (χ0v) is 16.6. The van der Waals surface area contributed by atoms with Crippen LogP contribution in [-0.2, 0) is 4.74 Å². The molecule has 0 atom stereocenters. The van der Waals surface area contributed by atoms with E-state index in [1.54, 1.807) is 24.5 Å². The first-order valence-electron chi connectivity index (χ1n) is 10.0. The number of rotatable bonds is 3. The fourth-order valence-electron chi connectivity index (χ4n) is 3.92. The minimum absolute atomic E-state index is 0.0795. The van der Waals surface area contributed by atoms with Gasteiger partial charge in [0.15, 0.2) is 0 Å². The van der Waals surface area contributed by atoms with E-state index in [9.17, 15) is 4.79 Å². The topological polar surface area (TPSA) is 71.5 Å². The van der Waals surface area contributed by atoms with E-state index in [0.29, 0.717) is 11.5 Å². The standard InChI is InChI=1S/C21H27N5O2/c1-15-16(2)23-19(24-20(15)25-11-13-28-14-12-25)17-5-9-26(10-6-17)21(27)18-3-7-22-8-4-18/h3-4,7-8,17H,5-6,9-14H2,1-2H3. The van der Waals surface area contributed by atoms with Gasteiger partial charge >= 0.3 is 0 Å². The molecule has 7 heteroatoms. The Kier molecular flexibility index (Phi) is 5.52. The number of morpholine rings is 1. The second-order valence-corrected chi connectivity index (χ2v) is 7.52. The number of anilines is 1. The molecule has 28 heavy (non-hydrogen) atoms. The zero-order valence-electron chi connectivity index (χ0n) is 16.6. The Hall–Kier alpha value is -2.54. The van der Waals surface area contributed by atoms with Gasteiger partial charge in [-0.2, -0.15) is 0 Å². The summed E-state index contributed by atoms with van der Waals surface area (Å²) in [6.45, 7) is 8.85. The Balaban J connectivity index is 1.47. The van der Waals surface area contributed by atoms with Crippen molar-refractivity contribution in [2.45, 2.75) is 32.6 Å². The second-order valence-electron chi connectivity index (χ2n) is 7.52. The van der Waals surface area contributed by atoms with E-state index in [-0.39, 0.29) is 5.91 Å². The monoisotopic (exact) mass is 381 g/mol. The minimum atomic E-state index is 0.0795. The number of carbonyl (C=O) groups excluding carboxylic acids is 1. The highest BCUT2D eigenvalue weighted by atomic mass is 16.5. The maximum atomic E-state index is 12.7. The number of nitrogens with zero attached hydrogens (tertiary/aromatic N) is 5. The van der Waals surface area contributed by atoms with Crippen molar-refractivity contribution in [2.24, 2.45) is 0 Å². The average molecular weight is 381 g/mol. The van der Waals surface area contributed by atoms with Crippen LogP contribution in [0.2, 0.25) is 0 Å². The molecule has 2 saturated heterocycles. The molecule has 0 aliphatic carbocycles. The summed E-state index contributed by atoms with van der Waals surface area (Å²) >= 11 is 0. The lowest BCUT2D eigenvalue weighted by Crippen LogP contribution is -2.39. The molecule has 1 amide bonds. The molecule has 0 bridgehead atoms. The number of pyridine rings is 1. The van der Waals surface area contributed by atoms with Gasteiger partial charge in [0.2, 0.25) is 0 Å². The van der Waals surface area contributed by atoms with Crippen LogP contribution < -0.4 is 4.90 Å². The fourth-order valence-corrected chi connectivity index (χ4v) is 3.92. The number of aryl methyl sites for hydroxylation is 1. The van der Waals surface area contributed by atoms with Gasteiger partial charge < -0.3 is 14.5 Å². The predicted octanol–water partition coefficient (Wildman–Crippen LogP) is 2.34. The van der Waals surface area contributed by atoms with E-state index in [2.05, 4.69) is 23.7 Å². The first-order chi connectivity index (χ1) is 13.6. The molecule has 0 saturated carbocycles. The second kappa shape index (κ2) is 8.22. The van der Waals surface area contributed by atoms with Crippen molar-refractivity contribution >= 4 is 11.7 Å². The summed E-state index contributed by atoms with van der Waals surface area (Å²) in [5.41, 5.74) is 2.89. The van der Waals surface area contributed by atoms with Gasteiger partial charge in [-0.15, -0.1) is 0 Å². The smallest absolute Gasteiger partial charge is 0.253 e. The molecular formula is C21H27N5O2. The largest absolute Gasteiger partial charge is 0.378 e. The van der Waals surface area contributed by atoms with E-state index in [1.807, 2.05) is 4.90 Å². The van der Waals surface area contributed by atoms with Crippen molar-refractivity contribution in [3.63, 3.8) is 0 Å². The molecule has 0 spiro atoms. The molecule has 0 aromatic carbocycles. The molecule has 0 radical (unpaired) electrons. The Bertz CT molecular complexity index is 828. The van der Waals surface area contributed by atoms with Crippen molar-refractivity contribution in [1.29, 1.82) is 0 Å². The molecule has 2 aromatic rings. The molecule has 4 heterocycles. The molecular weight excluding hydrogens is 354 g/mol. The maximum Gasteiger partial charge on any atom is 0.253 e. The molecule has 2 aliphatic rings. The van der Waals surface area contributed by atoms with Crippen LogP contribution in [-0.4, -0.2) is 65.2 Å². The minimum Gasteiger partial charge on any atom is -0.378 e. The highest BCUT2D eigenvalue weighted by molar-refractivity contribution is 5.94. The average Bonchev–Trinajstić information content (AvgIpc) is 2.76. The molecule has 148 valence electrons. The van der Waals surface area contributed by atoms with E-state index < -0.39 is 0 Å². The van der Waals surface area contributed by atoms with Crippen molar-refractivity contribution in [2.75, 3.05) is 44.3 Å². The number of hydrogen-bond acceptors (Lipinski definition) is 6. The normalized spacial score (nSPS) is 18.4. The van der Waals surface area contributed by atoms with Crippen LogP contribution in [0.5, 0.6) is 0 Å². The number of amides is 1. The van der Waals surface area contributed by atoms with Crippen LogP contribution in [0.1, 0.15) is 46.2 Å². The molecule has 2 fully saturated rings. The van der Waals surface area contributed by atoms with Gasteiger partial charge in [0.1, 0.15) is 11.6 Å². The van der Waals surface area contributed by atoms with Gasteiger partial charge in [-0.25, -0.2) is 9.97 Å². The molecule has 2 aromatic heterocycles. The summed E-state index contributed by atoms with van der Waals surface area (Å²) < 4.78 is 5.48. The first-order valence-corrected chi connectivity index (χ1v) is 10.0. The SMILES string of the molecule is Cc1nc(C2CCN(C(=O)c3ccncc3)CC2)nc(N2CCOCC2)c1C. The van der Waals surface area contributed by atoms with E-state index in [0.717, 1.165) is 75.1 Å². The predicted molar refractivity (Wildman–Crippen MR) is 107 cm³/mol. The Labute approximate surface area is 165 Å². The van der Waals surface area contributed by atoms with Crippen LogP contribution in [0.3, 0.4) is 0 Å². The van der Waals surface area contributed by atoms with Gasteiger partial charge in [-0.3, -0.25) is 9.78 Å². The van der Waals surface area contributed by atoms with Gasteiger partial charge in [0.05, 0.1) is 13.2 Å². The van der Waals surface area contributed by atoms with Crippen LogP contribution in [0.25, 0.3) is 0 Å². The maximum absolute atomic E-state index is 12.7. The highest BCUT2D eigenvalue weighted by Gasteiger charge is 2.27. The van der Waals surface area contributed by atoms with Gasteiger partial charge in [0.25, 0.3) is 5.91 Å². The third-order valence-electron chi connectivity index (χ3n) is 5.77. The number of carbonyl (C=O) groups is 1. The fraction of sp³-hybridized carbons (Fsp3) is 0.524. The number of aromatic nitrogens is 3. The summed E-state index contributed by atoms with van der Waals surface area (Å²) in [7, 11) is 0. The Morgan fingerprint density at radius 3 is 2.39 bits per heavy atom. The summed E-state index contributed by atoms with van der Waals surface area (Å²) in [6.07, 6.45) is 5.11. The van der Waals surface area contributed by atoms with Crippen LogP contribution in [0.4, 0.5) is 5.82 Å². The summed E-state index contributed by atoms with van der Waals surface area (Å²) in [5, 5.41) is 0. The molecule has 4 rings (SSSR count). The third-order valence-corrected chi connectivity index (χ3v) is 5.77. The van der Waals surface area contributed by atoms with Gasteiger partial charge in [-0.1, -0.05) is 0 Å². The molecule has 2 aliphatic heterocycles. The first kappa shape index (κ1) is 18.8. The number of piperidine rings is 1. The lowest BCUT2D eigenvalue weighted by atomic mass is 9.95. The van der Waals surface area contributed by atoms with Crippen LogP contribution in [0, 0.1) is 13.8 Å². The van der Waals surface area contributed by atoms with Gasteiger partial charge in [-0.05, 0) is 38.8 Å². The summed E-state index contributed by atoms with van der Waals surface area (Å²) in [6, 6.07) is 3.55. The summed E-state index contributed by atoms with van der Waals surface area (Å²) in [4.78, 5) is 30.6. The van der Waals surface area contributed by atoms with Gasteiger partial charge in [0, 0.05) is 61.3 Å². The lowest BCUT2D eigenvalue weighted by molar-refractivity contribution is 0.0711. The highest BCUT2D eigenvalue weighted by Crippen LogP contribution is 2.30. The molecule has 0 unspecified atom stereocenters. The number of ether oxygens (including phenoxy) is 1. The number of likely N-dealkylation sites (tertiary alicyclic amines) is 1. The van der Waals surface area contributed by atoms with Crippen LogP contribution >= 0.6 is 0 Å². The summed E-state index contributed by atoms with van der Waals surface area (Å²) in [5.74, 6) is 2.33. The van der Waals surface area contributed by atoms with E-state index in [4.69, 9.17) is 14.7 Å². The van der Waals surface area contributed by atoms with Crippen molar-refractivity contribution < 1.29 is 9.53 Å². The molecule has 0 N–H and O–H groups in total. The van der Waals surface area contributed by atoms with Crippen LogP contribution in [0.15, 0.2) is 24.5 Å². The zero-order chi connectivity index (χ0) is 19.5. The third kappa shape index (κ3) is 3.85. The van der Waals surface area contributed by atoms with Crippen molar-refractivity contribution in [3.8, 4) is 0 Å². The Morgan fingerprint density at radius 1 is 1.04 bits per heavy atom. The quantitative estimate of drug-likeness (QED) is 0.813. The van der Waals surface area contributed by atoms with Crippen molar-refractivity contribution in [3.05, 3.63) is 47.2 Å². The number of hydrogen-bond donors (Lipinski definition) is 0. The Morgan fingerprint density at radius 2 is 1.71 bits per heavy atom.